The second kappa shape index (κ2) is 14.2. The highest BCUT2D eigenvalue weighted by Gasteiger charge is 2.34. The second-order valence-corrected chi connectivity index (χ2v) is 10.1. The number of aryl methyl sites for hydroxylation is 2. The summed E-state index contributed by atoms with van der Waals surface area (Å²) in [4.78, 5) is 0. The van der Waals surface area contributed by atoms with Crippen molar-refractivity contribution in [1.29, 1.82) is 0 Å². The van der Waals surface area contributed by atoms with Gasteiger partial charge in [-0.15, -0.1) is 0 Å². The molecule has 0 saturated heterocycles. The van der Waals surface area contributed by atoms with E-state index in [1.165, 1.54) is 59.1 Å². The Hall–Kier alpha value is -2.48. The van der Waals surface area contributed by atoms with Gasteiger partial charge in [0.05, 0.1) is 0 Å². The number of benzene rings is 2. The molecular formula is C33H46N2. The van der Waals surface area contributed by atoms with Crippen LogP contribution in [0.1, 0.15) is 121 Å². The summed E-state index contributed by atoms with van der Waals surface area (Å²) in [5, 5.41) is 0. The number of allylic oxidation sites excluding steroid dienone is 2. The van der Waals surface area contributed by atoms with Crippen molar-refractivity contribution in [2.24, 2.45) is 0 Å². The van der Waals surface area contributed by atoms with Crippen LogP contribution in [0.2, 0.25) is 0 Å². The molecule has 188 valence electrons. The molecule has 0 spiro atoms. The van der Waals surface area contributed by atoms with E-state index >= 15 is 0 Å². The Morgan fingerprint density at radius 2 is 0.857 bits per heavy atom. The number of nitrogens with zero attached hydrogens (tertiary/aromatic N) is 2. The first-order chi connectivity index (χ1) is 17.1. The van der Waals surface area contributed by atoms with E-state index in [-0.39, 0.29) is 0 Å². The van der Waals surface area contributed by atoms with Gasteiger partial charge in [-0.1, -0.05) is 84.1 Å². The van der Waals surface area contributed by atoms with Crippen molar-refractivity contribution in [2.75, 3.05) is 0 Å². The normalized spacial score (nSPS) is 13.9. The zero-order valence-electron chi connectivity index (χ0n) is 22.7. The molecule has 0 amide bonds. The highest BCUT2D eigenvalue weighted by atomic mass is 15.2. The summed E-state index contributed by atoms with van der Waals surface area (Å²) < 4.78 is 1.52. The van der Waals surface area contributed by atoms with Crippen molar-refractivity contribution in [3.05, 3.63) is 87.5 Å². The molecule has 2 nitrogen and oxygen atoms in total. The van der Waals surface area contributed by atoms with E-state index in [1.807, 2.05) is 0 Å². The van der Waals surface area contributed by atoms with Gasteiger partial charge in [0, 0.05) is 22.3 Å². The molecule has 0 atom stereocenters. The van der Waals surface area contributed by atoms with E-state index in [0.29, 0.717) is 0 Å². The van der Waals surface area contributed by atoms with Crippen molar-refractivity contribution in [3.8, 4) is 0 Å². The number of rotatable bonds is 15. The third-order valence-corrected chi connectivity index (χ3v) is 7.26. The number of unbranched alkanes of at least 4 members (excludes halogenated alkanes) is 5. The van der Waals surface area contributed by atoms with Gasteiger partial charge in [-0.05, 0) is 86.8 Å². The van der Waals surface area contributed by atoms with E-state index in [4.69, 9.17) is 0 Å². The van der Waals surface area contributed by atoms with E-state index in [2.05, 4.69) is 76.2 Å². The summed E-state index contributed by atoms with van der Waals surface area (Å²) in [6.07, 6.45) is 15.1. The summed E-state index contributed by atoms with van der Waals surface area (Å²) in [7, 11) is 0. The highest BCUT2D eigenvalue weighted by Crippen LogP contribution is 2.44. The maximum Gasteiger partial charge on any atom is 0.211 e. The second-order valence-electron chi connectivity index (χ2n) is 10.1. The van der Waals surface area contributed by atoms with Crippen LogP contribution in [0, 0.1) is 0 Å². The minimum atomic E-state index is 0.994. The van der Waals surface area contributed by atoms with E-state index < -0.39 is 0 Å². The maximum atomic E-state index is 11.7. The van der Waals surface area contributed by atoms with Crippen LogP contribution in [0.25, 0.3) is 16.9 Å². The Morgan fingerprint density at radius 1 is 0.486 bits per heavy atom. The Bertz CT molecular complexity index is 1010. The van der Waals surface area contributed by atoms with Gasteiger partial charge in [-0.2, -0.15) is 0 Å². The summed E-state index contributed by atoms with van der Waals surface area (Å²) in [6.45, 7) is 9.00. The van der Waals surface area contributed by atoms with Gasteiger partial charge in [0.1, 0.15) is 0 Å². The van der Waals surface area contributed by atoms with Crippen LogP contribution >= 0.6 is 0 Å². The maximum absolute atomic E-state index is 11.7. The van der Waals surface area contributed by atoms with Crippen molar-refractivity contribution in [3.63, 3.8) is 0 Å². The quantitative estimate of drug-likeness (QED) is 0.183. The van der Waals surface area contributed by atoms with Gasteiger partial charge in [0.25, 0.3) is 0 Å². The van der Waals surface area contributed by atoms with Crippen LogP contribution in [0.15, 0.2) is 59.7 Å². The molecule has 2 aromatic carbocycles. The average Bonchev–Trinajstić information content (AvgIpc) is 3.16. The van der Waals surface area contributed by atoms with Crippen LogP contribution in [0.3, 0.4) is 0 Å². The largest absolute Gasteiger partial charge is 0.493 e. The zero-order valence-corrected chi connectivity index (χ0v) is 22.7. The van der Waals surface area contributed by atoms with Crippen LogP contribution in [0.5, 0.6) is 0 Å². The van der Waals surface area contributed by atoms with E-state index in [1.54, 1.807) is 0 Å². The first-order valence-electron chi connectivity index (χ1n) is 14.3. The van der Waals surface area contributed by atoms with Gasteiger partial charge in [-0.25, -0.2) is 4.70 Å². The lowest BCUT2D eigenvalue weighted by Crippen LogP contribution is -2.03. The molecule has 2 heteroatoms. The first-order valence-corrected chi connectivity index (χ1v) is 14.3. The topological polar surface area (TPSA) is 25.3 Å². The van der Waals surface area contributed by atoms with E-state index in [9.17, 15) is 5.53 Å². The van der Waals surface area contributed by atoms with Crippen molar-refractivity contribution in [2.45, 2.75) is 111 Å². The molecule has 0 saturated carbocycles. The Labute approximate surface area is 214 Å². The van der Waals surface area contributed by atoms with Crippen LogP contribution in [-0.4, -0.2) is 4.70 Å². The summed E-state index contributed by atoms with van der Waals surface area (Å²) in [6, 6.07) is 17.9. The molecule has 1 aliphatic rings. The molecular weight excluding hydrogens is 424 g/mol. The fraction of sp³-hybridized carbons (Fsp3) is 0.515. The van der Waals surface area contributed by atoms with Gasteiger partial charge >= 0.3 is 0 Å². The molecule has 0 aromatic heterocycles. The third kappa shape index (κ3) is 7.03. The van der Waals surface area contributed by atoms with Gasteiger partial charge in [-0.3, -0.25) is 0 Å². The average molecular weight is 471 g/mol. The molecule has 0 N–H and O–H groups in total. The Kier molecular flexibility index (Phi) is 11.0. The third-order valence-electron chi connectivity index (χ3n) is 7.26. The molecule has 1 aliphatic heterocycles. The summed E-state index contributed by atoms with van der Waals surface area (Å²) in [5.41, 5.74) is 21.4. The van der Waals surface area contributed by atoms with Crippen LogP contribution < -0.4 is 0 Å². The lowest BCUT2D eigenvalue weighted by molar-refractivity contribution is -0.345. The summed E-state index contributed by atoms with van der Waals surface area (Å²) in [5.74, 6) is 0. The molecule has 3 rings (SSSR count). The standard InChI is InChI=1S/C33H46N2/c1-5-9-13-15-27-20-24-29(25-21-27)33-31(17-12-8-4)30(16-11-7-3)32(35(33)34)28-22-18-26(19-23-28)14-10-6-2/h18-25H,5-17H2,1-4H3. The number of hydrogen-bond acceptors (Lipinski definition) is 0. The van der Waals surface area contributed by atoms with Crippen LogP contribution in [0.4, 0.5) is 0 Å². The molecule has 1 heterocycles. The first kappa shape index (κ1) is 27.1. The fourth-order valence-corrected chi connectivity index (χ4v) is 5.11. The van der Waals surface area contributed by atoms with Gasteiger partial charge < -0.3 is 5.53 Å². The van der Waals surface area contributed by atoms with Crippen molar-refractivity contribution >= 4 is 11.4 Å². The lowest BCUT2D eigenvalue weighted by atomic mass is 9.92. The monoisotopic (exact) mass is 470 g/mol. The van der Waals surface area contributed by atoms with Crippen LogP contribution in [-0.2, 0) is 12.8 Å². The smallest absolute Gasteiger partial charge is 0.211 e. The minimum absolute atomic E-state index is 0.994. The highest BCUT2D eigenvalue weighted by molar-refractivity contribution is 5.82. The zero-order chi connectivity index (χ0) is 25.0. The van der Waals surface area contributed by atoms with Crippen molar-refractivity contribution < 1.29 is 4.70 Å². The fourth-order valence-electron chi connectivity index (χ4n) is 5.11. The Morgan fingerprint density at radius 3 is 1.26 bits per heavy atom. The minimum Gasteiger partial charge on any atom is -0.493 e. The molecule has 0 aliphatic carbocycles. The van der Waals surface area contributed by atoms with Gasteiger partial charge in [0.15, 0.2) is 0 Å². The van der Waals surface area contributed by atoms with Crippen molar-refractivity contribution in [1.82, 2.24) is 0 Å². The molecule has 0 radical (unpaired) electrons. The SMILES string of the molecule is CCCCCc1ccc(C2=C(CCCC)C(CCCC)=C(c3ccc(CCCC)cc3)[N+]2=[N-])cc1. The molecule has 0 fully saturated rings. The lowest BCUT2D eigenvalue weighted by Gasteiger charge is -2.11. The molecule has 0 unspecified atom stereocenters. The van der Waals surface area contributed by atoms with Gasteiger partial charge in [0.2, 0.25) is 11.4 Å². The summed E-state index contributed by atoms with van der Waals surface area (Å²) >= 11 is 0. The Balaban J connectivity index is 1.99. The number of hydrogen-bond donors (Lipinski definition) is 0. The molecule has 0 bridgehead atoms. The van der Waals surface area contributed by atoms with E-state index in [0.717, 1.165) is 73.9 Å². The predicted molar refractivity (Wildman–Crippen MR) is 151 cm³/mol. The predicted octanol–water partition coefficient (Wildman–Crippen LogP) is 10.3. The molecule has 35 heavy (non-hydrogen) atoms. The molecule has 2 aromatic rings.